The van der Waals surface area contributed by atoms with Crippen LogP contribution in [0.5, 0.6) is 0 Å². The van der Waals surface area contributed by atoms with E-state index in [1.54, 1.807) is 36.5 Å². The minimum atomic E-state index is -0.151. The number of ketones is 2. The molecule has 2 aromatic carbocycles. The Morgan fingerprint density at radius 2 is 1.57 bits per heavy atom. The van der Waals surface area contributed by atoms with Crippen molar-refractivity contribution < 1.29 is 19.2 Å². The second-order valence-electron chi connectivity index (χ2n) is 7.10. The fourth-order valence-electron chi connectivity index (χ4n) is 2.88. The van der Waals surface area contributed by atoms with Crippen LogP contribution in [0.15, 0.2) is 91.9 Å². The molecule has 0 N–H and O–H groups in total. The zero-order valence-corrected chi connectivity index (χ0v) is 22.5. The van der Waals surface area contributed by atoms with Crippen molar-refractivity contribution in [3.8, 4) is 0 Å². The highest BCUT2D eigenvalue weighted by Crippen LogP contribution is 2.40. The third kappa shape index (κ3) is 10.5. The average molecular weight is 509 g/mol. The van der Waals surface area contributed by atoms with Crippen LogP contribution in [0, 0.1) is 6.92 Å². The lowest BCUT2D eigenvalue weighted by Crippen LogP contribution is -2.00. The molecule has 4 nitrogen and oxygen atoms in total. The van der Waals surface area contributed by atoms with E-state index in [1.165, 1.54) is 12.5 Å². The summed E-state index contributed by atoms with van der Waals surface area (Å²) in [6.45, 7) is 9.08. The molecule has 2 aromatic rings. The van der Waals surface area contributed by atoms with E-state index in [0.29, 0.717) is 23.8 Å². The van der Waals surface area contributed by atoms with Crippen LogP contribution < -0.4 is 0 Å². The van der Waals surface area contributed by atoms with E-state index < -0.39 is 0 Å². The van der Waals surface area contributed by atoms with E-state index in [0.717, 1.165) is 25.9 Å². The smallest absolute Gasteiger partial charge is 0.169 e. The molecule has 0 aromatic heterocycles. The summed E-state index contributed by atoms with van der Waals surface area (Å²) in [6.07, 6.45) is 9.63. The normalized spacial score (nSPS) is 11.9. The molecular formula is C29H32O4S2. The Kier molecular flexibility index (Phi) is 14.3. The van der Waals surface area contributed by atoms with Gasteiger partial charge < -0.3 is 9.59 Å². The van der Waals surface area contributed by atoms with Crippen molar-refractivity contribution >= 4 is 47.7 Å². The van der Waals surface area contributed by atoms with Crippen molar-refractivity contribution in [2.24, 2.45) is 0 Å². The van der Waals surface area contributed by atoms with Gasteiger partial charge in [0.05, 0.1) is 6.42 Å². The molecule has 1 aliphatic rings. The molecule has 0 amide bonds. The molecular weight excluding hydrogens is 476 g/mol. The van der Waals surface area contributed by atoms with Gasteiger partial charge in [0.25, 0.3) is 0 Å². The second kappa shape index (κ2) is 16.6. The zero-order chi connectivity index (χ0) is 26.2. The molecule has 1 aliphatic carbocycles. The van der Waals surface area contributed by atoms with E-state index in [1.807, 2.05) is 50.3 Å². The molecule has 0 radical (unpaired) electrons. The van der Waals surface area contributed by atoms with Crippen molar-refractivity contribution in [2.75, 3.05) is 0 Å². The lowest BCUT2D eigenvalue weighted by atomic mass is 10.1. The first kappa shape index (κ1) is 30.1. The molecule has 0 saturated carbocycles. The molecule has 0 fully saturated rings. The number of Topliss-reactive ketones (excluding diaryl/α,β-unsaturated/α-hetero) is 2. The standard InChI is InChI=1S/C25H22O3S2.C2H4O.C2H6/c1-17-6-13-24(29-22-10-7-19(8-11-22)18(2)27)25(16-17)30-21-5-3-4-20(9-12-21)23(28)14-15-26;1-2-3;1-2/h4-13,15-16H,3,14H2,1-2H3;2H,1H3;1-2H3. The van der Waals surface area contributed by atoms with Crippen LogP contribution in [0.2, 0.25) is 0 Å². The Bertz CT molecular complexity index is 1110. The van der Waals surface area contributed by atoms with Crippen LogP contribution in [-0.4, -0.2) is 24.1 Å². The lowest BCUT2D eigenvalue weighted by molar-refractivity contribution is -0.119. The Labute approximate surface area is 217 Å². The summed E-state index contributed by atoms with van der Waals surface area (Å²) in [5.41, 5.74) is 2.46. The average Bonchev–Trinajstić information content (AvgIpc) is 3.09. The highest BCUT2D eigenvalue weighted by Gasteiger charge is 2.11. The molecule has 3 rings (SSSR count). The SMILES string of the molecule is CC.CC(=O)c1ccc(Sc2ccc(C)cc2SC2=CCC=C(C(=O)CC=O)C=C2)cc1.CC=O. The van der Waals surface area contributed by atoms with Crippen LogP contribution in [-0.2, 0) is 14.4 Å². The number of carbonyl (C=O) groups excluding carboxylic acids is 4. The molecule has 0 atom stereocenters. The zero-order valence-electron chi connectivity index (χ0n) is 20.9. The molecule has 0 spiro atoms. The highest BCUT2D eigenvalue weighted by atomic mass is 32.2. The number of aryl methyl sites for hydroxylation is 1. The largest absolute Gasteiger partial charge is 0.304 e. The fourth-order valence-corrected chi connectivity index (χ4v) is 4.93. The first-order chi connectivity index (χ1) is 16.9. The van der Waals surface area contributed by atoms with Gasteiger partial charge in [0.1, 0.15) is 12.6 Å². The van der Waals surface area contributed by atoms with Crippen LogP contribution in [0.3, 0.4) is 0 Å². The molecule has 0 heterocycles. The van der Waals surface area contributed by atoms with Gasteiger partial charge in [0.2, 0.25) is 0 Å². The monoisotopic (exact) mass is 508 g/mol. The third-order valence-corrected chi connectivity index (χ3v) is 6.80. The number of carbonyl (C=O) groups is 4. The molecule has 0 saturated heterocycles. The van der Waals surface area contributed by atoms with Gasteiger partial charge in [-0.25, -0.2) is 0 Å². The Balaban J connectivity index is 0.00000114. The molecule has 0 unspecified atom stereocenters. The van der Waals surface area contributed by atoms with E-state index >= 15 is 0 Å². The number of thioether (sulfide) groups is 1. The van der Waals surface area contributed by atoms with Crippen molar-refractivity contribution in [2.45, 2.75) is 62.1 Å². The van der Waals surface area contributed by atoms with Gasteiger partial charge in [-0.15, -0.1) is 0 Å². The van der Waals surface area contributed by atoms with Crippen molar-refractivity contribution in [3.05, 3.63) is 88.4 Å². The summed E-state index contributed by atoms with van der Waals surface area (Å²) in [6, 6.07) is 14.0. The minimum absolute atomic E-state index is 0.0600. The van der Waals surface area contributed by atoms with Gasteiger partial charge in [-0.3, -0.25) is 9.59 Å². The van der Waals surface area contributed by atoms with Crippen LogP contribution in [0.4, 0.5) is 0 Å². The number of hydrogen-bond donors (Lipinski definition) is 0. The van der Waals surface area contributed by atoms with Gasteiger partial charge in [0.15, 0.2) is 11.6 Å². The predicted octanol–water partition coefficient (Wildman–Crippen LogP) is 7.60. The number of benzene rings is 2. The van der Waals surface area contributed by atoms with Crippen molar-refractivity contribution in [1.82, 2.24) is 0 Å². The second-order valence-corrected chi connectivity index (χ2v) is 9.33. The molecule has 0 bridgehead atoms. The summed E-state index contributed by atoms with van der Waals surface area (Å²) in [4.78, 5) is 47.3. The van der Waals surface area contributed by atoms with Crippen molar-refractivity contribution in [3.63, 3.8) is 0 Å². The van der Waals surface area contributed by atoms with Gasteiger partial charge in [-0.2, -0.15) is 0 Å². The van der Waals surface area contributed by atoms with E-state index in [2.05, 4.69) is 31.2 Å². The van der Waals surface area contributed by atoms with Gasteiger partial charge in [0, 0.05) is 30.7 Å². The number of aldehydes is 2. The molecule has 35 heavy (non-hydrogen) atoms. The Hall–Kier alpha value is -2.96. The number of allylic oxidation sites excluding steroid dienone is 5. The molecule has 0 aliphatic heterocycles. The molecule has 184 valence electrons. The van der Waals surface area contributed by atoms with Crippen molar-refractivity contribution in [1.29, 1.82) is 0 Å². The number of rotatable bonds is 8. The summed E-state index contributed by atoms with van der Waals surface area (Å²) in [5.74, 6) is -0.0912. The third-order valence-electron chi connectivity index (χ3n) is 4.49. The summed E-state index contributed by atoms with van der Waals surface area (Å²) >= 11 is 3.32. The summed E-state index contributed by atoms with van der Waals surface area (Å²) in [7, 11) is 0. The Morgan fingerprint density at radius 1 is 0.914 bits per heavy atom. The van der Waals surface area contributed by atoms with Crippen LogP contribution >= 0.6 is 23.5 Å². The maximum Gasteiger partial charge on any atom is 0.169 e. The minimum Gasteiger partial charge on any atom is -0.304 e. The Morgan fingerprint density at radius 3 is 2.17 bits per heavy atom. The van der Waals surface area contributed by atoms with Gasteiger partial charge in [-0.05, 0) is 63.1 Å². The predicted molar refractivity (Wildman–Crippen MR) is 146 cm³/mol. The number of hydrogen-bond acceptors (Lipinski definition) is 6. The topological polar surface area (TPSA) is 68.3 Å². The summed E-state index contributed by atoms with van der Waals surface area (Å²) in [5, 5.41) is 0. The van der Waals surface area contributed by atoms with E-state index in [9.17, 15) is 14.4 Å². The van der Waals surface area contributed by atoms with E-state index in [4.69, 9.17) is 4.79 Å². The molecule has 6 heteroatoms. The van der Waals surface area contributed by atoms with Crippen LogP contribution in [0.25, 0.3) is 0 Å². The highest BCUT2D eigenvalue weighted by molar-refractivity contribution is 8.04. The van der Waals surface area contributed by atoms with Gasteiger partial charge >= 0.3 is 0 Å². The lowest BCUT2D eigenvalue weighted by Gasteiger charge is -2.11. The van der Waals surface area contributed by atoms with Crippen LogP contribution in [0.1, 0.15) is 56.5 Å². The fraction of sp³-hybridized carbons (Fsp3) is 0.241. The quantitative estimate of drug-likeness (QED) is 0.208. The van der Waals surface area contributed by atoms with E-state index in [-0.39, 0.29) is 18.0 Å². The first-order valence-corrected chi connectivity index (χ1v) is 13.0. The maximum absolute atomic E-state index is 12.0. The first-order valence-electron chi connectivity index (χ1n) is 11.4. The van der Waals surface area contributed by atoms with Gasteiger partial charge in [-0.1, -0.05) is 73.8 Å². The summed E-state index contributed by atoms with van der Waals surface area (Å²) < 4.78 is 0. The maximum atomic E-state index is 12.0.